The minimum absolute atomic E-state index is 0.852. The molecule has 0 aliphatic heterocycles. The van der Waals surface area contributed by atoms with Gasteiger partial charge in [-0.3, -0.25) is 0 Å². The molecule has 0 spiro atoms. The third-order valence-electron chi connectivity index (χ3n) is 9.82. The normalized spacial score (nSPS) is 11.5. The van der Waals surface area contributed by atoms with Gasteiger partial charge in [0, 0.05) is 67.8 Å². The van der Waals surface area contributed by atoms with Crippen LogP contribution in [0.15, 0.2) is 203 Å². The maximum atomic E-state index is 6.57. The summed E-state index contributed by atoms with van der Waals surface area (Å²) in [4.78, 5) is 4.51. The van der Waals surface area contributed by atoms with Crippen LogP contribution in [0.25, 0.3) is 55.0 Å². The molecule has 0 radical (unpaired) electrons. The van der Waals surface area contributed by atoms with Crippen LogP contribution in [-0.4, -0.2) is 0 Å². The van der Waals surface area contributed by atoms with Crippen LogP contribution in [0.3, 0.4) is 0 Å². The van der Waals surface area contributed by atoms with E-state index in [9.17, 15) is 0 Å². The third kappa shape index (κ3) is 5.17. The molecule has 0 N–H and O–H groups in total. The van der Waals surface area contributed by atoms with Crippen molar-refractivity contribution in [1.82, 2.24) is 0 Å². The first kappa shape index (κ1) is 29.8. The van der Waals surface area contributed by atoms with Crippen LogP contribution in [0.5, 0.6) is 0 Å². The Morgan fingerprint density at radius 1 is 0.250 bits per heavy atom. The summed E-state index contributed by atoms with van der Waals surface area (Å²) < 4.78 is 13.1. The lowest BCUT2D eigenvalue weighted by molar-refractivity contribution is 0.668. The Morgan fingerprint density at radius 3 is 0.865 bits per heavy atom. The first-order chi connectivity index (χ1) is 25.8. The van der Waals surface area contributed by atoms with Crippen LogP contribution < -0.4 is 9.80 Å². The molecule has 2 aromatic heterocycles. The lowest BCUT2D eigenvalue weighted by Gasteiger charge is -2.25. The highest BCUT2D eigenvalue weighted by molar-refractivity contribution is 6.09. The lowest BCUT2D eigenvalue weighted by Crippen LogP contribution is -2.09. The second-order valence-electron chi connectivity index (χ2n) is 13.0. The van der Waals surface area contributed by atoms with Gasteiger partial charge in [-0.25, -0.2) is 0 Å². The second-order valence-corrected chi connectivity index (χ2v) is 13.0. The Balaban J connectivity index is 1.02. The highest BCUT2D eigenvalue weighted by Gasteiger charge is 2.18. The first-order valence-electron chi connectivity index (χ1n) is 17.5. The van der Waals surface area contributed by atoms with Crippen molar-refractivity contribution in [3.05, 3.63) is 194 Å². The van der Waals surface area contributed by atoms with E-state index in [1.54, 1.807) is 0 Å². The number of rotatable bonds is 7. The van der Waals surface area contributed by atoms with Gasteiger partial charge in [0.1, 0.15) is 22.3 Å². The van der Waals surface area contributed by atoms with Gasteiger partial charge in [-0.15, -0.1) is 0 Å². The Bertz CT molecular complexity index is 2570. The maximum Gasteiger partial charge on any atom is 0.137 e. The second kappa shape index (κ2) is 12.4. The molecule has 8 aromatic carbocycles. The SMILES string of the molecule is c1ccc(N(c2ccccc2)c2ccc3c(c2)oc2cc(-c4ccc5c(c4)oc4cc(N(c6ccccc6)c6ccccc6)ccc45)ccc23)cc1. The van der Waals surface area contributed by atoms with Crippen molar-refractivity contribution in [3.63, 3.8) is 0 Å². The van der Waals surface area contributed by atoms with Crippen molar-refractivity contribution in [3.8, 4) is 11.1 Å². The highest BCUT2D eigenvalue weighted by Crippen LogP contribution is 2.41. The number of anilines is 6. The fraction of sp³-hybridized carbons (Fsp3) is 0. The third-order valence-corrected chi connectivity index (χ3v) is 9.82. The monoisotopic (exact) mass is 668 g/mol. The molecule has 0 fully saturated rings. The molecule has 0 atom stereocenters. The summed E-state index contributed by atoms with van der Waals surface area (Å²) >= 11 is 0. The Morgan fingerprint density at radius 2 is 0.538 bits per heavy atom. The summed E-state index contributed by atoms with van der Waals surface area (Å²) in [5, 5.41) is 4.37. The van der Waals surface area contributed by atoms with Gasteiger partial charge in [0.15, 0.2) is 0 Å². The standard InChI is InChI=1S/C48H32N2O2/c1-5-13-35(14-6-1)49(36-15-7-2-8-16-36)39-23-27-43-41-25-21-33(29-45(41)51-47(43)31-39)34-22-26-42-44-28-24-40(32-48(44)52-46(42)30-34)50(37-17-9-3-10-18-37)38-19-11-4-12-20-38/h1-32H. The largest absolute Gasteiger partial charge is 0.456 e. The summed E-state index contributed by atoms with van der Waals surface area (Å²) in [7, 11) is 0. The fourth-order valence-corrected chi connectivity index (χ4v) is 7.37. The van der Waals surface area contributed by atoms with Gasteiger partial charge in [-0.05, 0) is 108 Å². The van der Waals surface area contributed by atoms with Crippen molar-refractivity contribution < 1.29 is 8.83 Å². The van der Waals surface area contributed by atoms with E-state index in [-0.39, 0.29) is 0 Å². The quantitative estimate of drug-likeness (QED) is 0.169. The van der Waals surface area contributed by atoms with E-state index in [1.807, 2.05) is 24.3 Å². The predicted octanol–water partition coefficient (Wildman–Crippen LogP) is 14.1. The number of nitrogens with zero attached hydrogens (tertiary/aromatic N) is 2. The average molecular weight is 669 g/mol. The van der Waals surface area contributed by atoms with Gasteiger partial charge in [-0.1, -0.05) is 84.9 Å². The zero-order chi connectivity index (χ0) is 34.4. The molecular formula is C48H32N2O2. The van der Waals surface area contributed by atoms with Gasteiger partial charge in [0.2, 0.25) is 0 Å². The molecule has 10 aromatic rings. The summed E-state index contributed by atoms with van der Waals surface area (Å²) in [6.07, 6.45) is 0. The number of benzene rings is 8. The van der Waals surface area contributed by atoms with Crippen molar-refractivity contribution in [1.29, 1.82) is 0 Å². The molecule has 0 saturated heterocycles. The number of para-hydroxylation sites is 4. The number of furan rings is 2. The summed E-state index contributed by atoms with van der Waals surface area (Å²) in [5.74, 6) is 0. The van der Waals surface area contributed by atoms with Crippen LogP contribution in [0.1, 0.15) is 0 Å². The zero-order valence-electron chi connectivity index (χ0n) is 28.2. The van der Waals surface area contributed by atoms with E-state index in [4.69, 9.17) is 8.83 Å². The minimum Gasteiger partial charge on any atom is -0.456 e. The van der Waals surface area contributed by atoms with E-state index in [2.05, 4.69) is 180 Å². The van der Waals surface area contributed by atoms with Gasteiger partial charge < -0.3 is 18.6 Å². The van der Waals surface area contributed by atoms with Crippen molar-refractivity contribution in [2.45, 2.75) is 0 Å². The van der Waals surface area contributed by atoms with Crippen LogP contribution in [0.4, 0.5) is 34.1 Å². The number of hydrogen-bond donors (Lipinski definition) is 0. The van der Waals surface area contributed by atoms with Gasteiger partial charge in [0.25, 0.3) is 0 Å². The lowest BCUT2D eigenvalue weighted by atomic mass is 10.0. The molecule has 4 heteroatoms. The molecule has 246 valence electrons. The summed E-state index contributed by atoms with van der Waals surface area (Å²) in [6.45, 7) is 0. The maximum absolute atomic E-state index is 6.57. The van der Waals surface area contributed by atoms with Crippen molar-refractivity contribution in [2.75, 3.05) is 9.80 Å². The van der Waals surface area contributed by atoms with Crippen LogP contribution >= 0.6 is 0 Å². The zero-order valence-corrected chi connectivity index (χ0v) is 28.2. The summed E-state index contributed by atoms with van der Waals surface area (Å²) in [5.41, 5.74) is 12.0. The van der Waals surface area contributed by atoms with Crippen LogP contribution in [0, 0.1) is 0 Å². The van der Waals surface area contributed by atoms with Crippen molar-refractivity contribution in [2.24, 2.45) is 0 Å². The van der Waals surface area contributed by atoms with Crippen LogP contribution in [-0.2, 0) is 0 Å². The Hall–Kier alpha value is -7.04. The Kier molecular flexibility index (Phi) is 7.10. The predicted molar refractivity (Wildman–Crippen MR) is 216 cm³/mol. The average Bonchev–Trinajstić information content (AvgIpc) is 3.76. The molecule has 0 aliphatic carbocycles. The molecular weight excluding hydrogens is 637 g/mol. The van der Waals surface area contributed by atoms with Gasteiger partial charge >= 0.3 is 0 Å². The summed E-state index contributed by atoms with van der Waals surface area (Å²) in [6, 6.07) is 67.7. The van der Waals surface area contributed by atoms with Crippen molar-refractivity contribution >= 4 is 78.0 Å². The number of fused-ring (bicyclic) bond motifs is 6. The molecule has 10 rings (SSSR count). The Labute approximate surface area is 301 Å². The van der Waals surface area contributed by atoms with Gasteiger partial charge in [0.05, 0.1) is 0 Å². The van der Waals surface area contributed by atoms with E-state index < -0.39 is 0 Å². The minimum atomic E-state index is 0.852. The molecule has 0 unspecified atom stereocenters. The molecule has 52 heavy (non-hydrogen) atoms. The van der Waals surface area contributed by atoms with E-state index in [1.165, 1.54) is 0 Å². The molecule has 2 heterocycles. The van der Waals surface area contributed by atoms with E-state index >= 15 is 0 Å². The number of hydrogen-bond acceptors (Lipinski definition) is 4. The van der Waals surface area contributed by atoms with Gasteiger partial charge in [-0.2, -0.15) is 0 Å². The van der Waals surface area contributed by atoms with E-state index in [0.29, 0.717) is 0 Å². The first-order valence-corrected chi connectivity index (χ1v) is 17.5. The topological polar surface area (TPSA) is 32.8 Å². The molecule has 0 amide bonds. The molecule has 0 saturated carbocycles. The molecule has 4 nitrogen and oxygen atoms in total. The highest BCUT2D eigenvalue weighted by atomic mass is 16.3. The molecule has 0 bridgehead atoms. The van der Waals surface area contributed by atoms with Crippen LogP contribution in [0.2, 0.25) is 0 Å². The molecule has 0 aliphatic rings. The fourth-order valence-electron chi connectivity index (χ4n) is 7.37. The smallest absolute Gasteiger partial charge is 0.137 e. The van der Waals surface area contributed by atoms with E-state index in [0.717, 1.165) is 89.1 Å².